The maximum absolute atomic E-state index is 12.7. The van der Waals surface area contributed by atoms with Gasteiger partial charge in [-0.1, -0.05) is 38.1 Å². The van der Waals surface area contributed by atoms with Crippen molar-refractivity contribution in [1.82, 2.24) is 5.16 Å². The van der Waals surface area contributed by atoms with Crippen LogP contribution in [0.3, 0.4) is 0 Å². The van der Waals surface area contributed by atoms with Crippen LogP contribution >= 0.6 is 0 Å². The minimum absolute atomic E-state index is 0.0656. The molecule has 6 heteroatoms. The van der Waals surface area contributed by atoms with E-state index in [2.05, 4.69) is 43.4 Å². The molecule has 1 aromatic heterocycles. The SMILES string of the molecule is Cc1cc(NC(=O)[C@H](C)[S@@](=O)Cc2c(C)cc(C(C)(C)C)cc2C)no1. The van der Waals surface area contributed by atoms with E-state index in [9.17, 15) is 9.00 Å². The first-order valence-electron chi connectivity index (χ1n) is 8.71. The quantitative estimate of drug-likeness (QED) is 0.850. The van der Waals surface area contributed by atoms with Gasteiger partial charge in [0.25, 0.3) is 0 Å². The Morgan fingerprint density at radius 3 is 2.23 bits per heavy atom. The third-order valence-corrected chi connectivity index (χ3v) is 6.07. The molecule has 5 nitrogen and oxygen atoms in total. The number of hydrogen-bond donors (Lipinski definition) is 1. The van der Waals surface area contributed by atoms with Crippen LogP contribution in [0.15, 0.2) is 22.7 Å². The van der Waals surface area contributed by atoms with Gasteiger partial charge in [0.1, 0.15) is 11.0 Å². The molecule has 0 fully saturated rings. The lowest BCUT2D eigenvalue weighted by atomic mass is 9.84. The summed E-state index contributed by atoms with van der Waals surface area (Å²) in [6, 6.07) is 5.94. The molecule has 142 valence electrons. The molecule has 1 N–H and O–H groups in total. The second-order valence-corrected chi connectivity index (χ2v) is 9.58. The first-order chi connectivity index (χ1) is 12.0. The summed E-state index contributed by atoms with van der Waals surface area (Å²) >= 11 is 0. The molecule has 2 atom stereocenters. The van der Waals surface area contributed by atoms with Gasteiger partial charge in [0, 0.05) is 22.6 Å². The minimum atomic E-state index is -1.33. The third kappa shape index (κ3) is 4.81. The van der Waals surface area contributed by atoms with E-state index < -0.39 is 16.0 Å². The van der Waals surface area contributed by atoms with E-state index in [0.717, 1.165) is 16.7 Å². The molecule has 2 rings (SSSR count). The van der Waals surface area contributed by atoms with Gasteiger partial charge in [-0.05, 0) is 55.4 Å². The van der Waals surface area contributed by atoms with Crippen LogP contribution in [0.5, 0.6) is 0 Å². The van der Waals surface area contributed by atoms with E-state index in [-0.39, 0.29) is 11.3 Å². The second-order valence-electron chi connectivity index (χ2n) is 7.82. The topological polar surface area (TPSA) is 72.2 Å². The van der Waals surface area contributed by atoms with Crippen LogP contribution in [0.1, 0.15) is 55.7 Å². The average molecular weight is 377 g/mol. The maximum Gasteiger partial charge on any atom is 0.241 e. The Labute approximate surface area is 158 Å². The molecule has 0 aliphatic heterocycles. The molecule has 0 radical (unpaired) electrons. The first kappa shape index (κ1) is 20.4. The molecule has 1 aromatic carbocycles. The van der Waals surface area contributed by atoms with Crippen LogP contribution in [0.4, 0.5) is 5.82 Å². The lowest BCUT2D eigenvalue weighted by Crippen LogP contribution is -2.30. The number of nitrogens with zero attached hydrogens (tertiary/aromatic N) is 1. The number of hydrogen-bond acceptors (Lipinski definition) is 4. The standard InChI is InChI=1S/C20H28N2O3S/c1-12-8-16(20(5,6)7)9-13(2)17(12)11-26(24)15(4)19(23)21-18-10-14(3)25-22-18/h8-10,15H,11H2,1-7H3,(H,21,22,23)/t15-,26-/m0/s1. The number of rotatable bonds is 5. The predicted octanol–water partition coefficient (Wildman–Crippen LogP) is 4.17. The highest BCUT2D eigenvalue weighted by molar-refractivity contribution is 7.85. The molecule has 0 bridgehead atoms. The predicted molar refractivity (Wildman–Crippen MR) is 106 cm³/mol. The highest BCUT2D eigenvalue weighted by Gasteiger charge is 2.23. The van der Waals surface area contributed by atoms with E-state index in [4.69, 9.17) is 4.52 Å². The van der Waals surface area contributed by atoms with Crippen molar-refractivity contribution in [3.8, 4) is 0 Å². The molecule has 26 heavy (non-hydrogen) atoms. The lowest BCUT2D eigenvalue weighted by molar-refractivity contribution is -0.115. The largest absolute Gasteiger partial charge is 0.360 e. The van der Waals surface area contributed by atoms with Crippen molar-refractivity contribution < 1.29 is 13.5 Å². The van der Waals surface area contributed by atoms with Gasteiger partial charge in [-0.25, -0.2) is 0 Å². The molecule has 0 spiro atoms. The van der Waals surface area contributed by atoms with Crippen LogP contribution in [0.25, 0.3) is 0 Å². The Morgan fingerprint density at radius 2 is 1.77 bits per heavy atom. The number of aromatic nitrogens is 1. The zero-order chi connectivity index (χ0) is 19.6. The molecule has 0 aliphatic rings. The fourth-order valence-electron chi connectivity index (χ4n) is 2.69. The molecule has 2 aromatic rings. The number of benzene rings is 1. The van der Waals surface area contributed by atoms with Crippen molar-refractivity contribution >= 4 is 22.5 Å². The Kier molecular flexibility index (Phi) is 6.06. The number of aryl methyl sites for hydroxylation is 3. The van der Waals surface area contributed by atoms with E-state index in [1.165, 1.54) is 5.56 Å². The Morgan fingerprint density at radius 1 is 1.19 bits per heavy atom. The molecule has 0 saturated heterocycles. The van der Waals surface area contributed by atoms with Crippen molar-refractivity contribution in [1.29, 1.82) is 0 Å². The van der Waals surface area contributed by atoms with Gasteiger partial charge in [-0.15, -0.1) is 0 Å². The molecule has 1 heterocycles. The van der Waals surface area contributed by atoms with Gasteiger partial charge in [0.2, 0.25) is 5.91 Å². The summed E-state index contributed by atoms with van der Waals surface area (Å²) in [5.41, 5.74) is 4.60. The minimum Gasteiger partial charge on any atom is -0.360 e. The van der Waals surface area contributed by atoms with Crippen LogP contribution < -0.4 is 5.32 Å². The average Bonchev–Trinajstić information content (AvgIpc) is 2.93. The van der Waals surface area contributed by atoms with E-state index in [0.29, 0.717) is 17.3 Å². The summed E-state index contributed by atoms with van der Waals surface area (Å²) in [7, 11) is -1.33. The van der Waals surface area contributed by atoms with Crippen molar-refractivity contribution in [3.05, 3.63) is 46.2 Å². The number of anilines is 1. The Bertz CT molecular complexity index is 811. The van der Waals surface area contributed by atoms with E-state index in [1.807, 2.05) is 13.8 Å². The van der Waals surface area contributed by atoms with Gasteiger partial charge in [-0.3, -0.25) is 9.00 Å². The molecular weight excluding hydrogens is 348 g/mol. The number of nitrogens with one attached hydrogen (secondary N) is 1. The Balaban J connectivity index is 2.12. The molecule has 0 aliphatic carbocycles. The highest BCUT2D eigenvalue weighted by Crippen LogP contribution is 2.28. The van der Waals surface area contributed by atoms with Gasteiger partial charge in [0.05, 0.1) is 0 Å². The second kappa shape index (κ2) is 7.74. The highest BCUT2D eigenvalue weighted by atomic mass is 32.2. The summed E-state index contributed by atoms with van der Waals surface area (Å²) in [5, 5.41) is 5.74. The van der Waals surface area contributed by atoms with Crippen LogP contribution in [-0.4, -0.2) is 20.5 Å². The van der Waals surface area contributed by atoms with Crippen molar-refractivity contribution in [3.63, 3.8) is 0 Å². The summed E-state index contributed by atoms with van der Waals surface area (Å²) in [6.45, 7) is 14.0. The third-order valence-electron chi connectivity index (χ3n) is 4.49. The van der Waals surface area contributed by atoms with Gasteiger partial charge in [0.15, 0.2) is 5.82 Å². The first-order valence-corrected chi connectivity index (χ1v) is 10.1. The van der Waals surface area contributed by atoms with E-state index in [1.54, 1.807) is 19.9 Å². The summed E-state index contributed by atoms with van der Waals surface area (Å²) in [6.07, 6.45) is 0. The summed E-state index contributed by atoms with van der Waals surface area (Å²) in [5.74, 6) is 0.991. The number of carbonyl (C=O) groups excluding carboxylic acids is 1. The molecule has 1 amide bonds. The fraction of sp³-hybridized carbons (Fsp3) is 0.500. The smallest absolute Gasteiger partial charge is 0.241 e. The van der Waals surface area contributed by atoms with Gasteiger partial charge < -0.3 is 9.84 Å². The van der Waals surface area contributed by atoms with Gasteiger partial charge >= 0.3 is 0 Å². The molecular formula is C20H28N2O3S. The Hall–Kier alpha value is -1.95. The normalized spacial score (nSPS) is 14.1. The van der Waals surface area contributed by atoms with Crippen LogP contribution in [0, 0.1) is 20.8 Å². The van der Waals surface area contributed by atoms with Crippen LogP contribution in [0.2, 0.25) is 0 Å². The number of carbonyl (C=O) groups is 1. The zero-order valence-corrected chi connectivity index (χ0v) is 17.4. The number of amides is 1. The monoisotopic (exact) mass is 376 g/mol. The van der Waals surface area contributed by atoms with Crippen molar-refractivity contribution in [2.24, 2.45) is 0 Å². The maximum atomic E-state index is 12.7. The summed E-state index contributed by atoms with van der Waals surface area (Å²) in [4.78, 5) is 12.3. The van der Waals surface area contributed by atoms with Crippen molar-refractivity contribution in [2.75, 3.05) is 5.32 Å². The molecule has 0 unspecified atom stereocenters. The zero-order valence-electron chi connectivity index (χ0n) is 16.6. The van der Waals surface area contributed by atoms with E-state index >= 15 is 0 Å². The lowest BCUT2D eigenvalue weighted by Gasteiger charge is -2.22. The van der Waals surface area contributed by atoms with Gasteiger partial charge in [-0.2, -0.15) is 0 Å². The fourth-order valence-corrected chi connectivity index (χ4v) is 3.98. The van der Waals surface area contributed by atoms with Crippen LogP contribution in [-0.2, 0) is 26.8 Å². The van der Waals surface area contributed by atoms with Crippen molar-refractivity contribution in [2.45, 2.75) is 64.9 Å². The summed E-state index contributed by atoms with van der Waals surface area (Å²) < 4.78 is 17.7. The molecule has 0 saturated carbocycles.